The van der Waals surface area contributed by atoms with Gasteiger partial charge in [0.1, 0.15) is 5.75 Å². The van der Waals surface area contributed by atoms with Crippen molar-refractivity contribution in [1.82, 2.24) is 4.98 Å². The Morgan fingerprint density at radius 1 is 1.35 bits per heavy atom. The van der Waals surface area contributed by atoms with Gasteiger partial charge in [-0.05, 0) is 37.6 Å². The van der Waals surface area contributed by atoms with E-state index in [2.05, 4.69) is 4.98 Å². The van der Waals surface area contributed by atoms with Crippen LogP contribution in [-0.4, -0.2) is 15.0 Å². The van der Waals surface area contributed by atoms with E-state index in [9.17, 15) is 15.2 Å². The zero-order valence-corrected chi connectivity index (χ0v) is 11.1. The third kappa shape index (κ3) is 3.10. The molecular formula is C14H14N2O4. The summed E-state index contributed by atoms with van der Waals surface area (Å²) in [5.41, 5.74) is 1.26. The molecule has 0 aliphatic carbocycles. The molecule has 6 heteroatoms. The van der Waals surface area contributed by atoms with Crippen LogP contribution in [0.1, 0.15) is 24.2 Å². The minimum atomic E-state index is -0.585. The quantitative estimate of drug-likeness (QED) is 0.683. The van der Waals surface area contributed by atoms with Gasteiger partial charge in [0, 0.05) is 23.9 Å². The molecular weight excluding hydrogens is 260 g/mol. The third-order valence-corrected chi connectivity index (χ3v) is 2.83. The second kappa shape index (κ2) is 5.66. The van der Waals surface area contributed by atoms with Crippen molar-refractivity contribution in [3.63, 3.8) is 0 Å². The number of aliphatic hydroxyl groups is 1. The van der Waals surface area contributed by atoms with Crippen molar-refractivity contribution >= 4 is 5.69 Å². The topological polar surface area (TPSA) is 85.5 Å². The number of aryl methyl sites for hydroxylation is 1. The number of benzene rings is 1. The fourth-order valence-electron chi connectivity index (χ4n) is 1.72. The lowest BCUT2D eigenvalue weighted by atomic mass is 10.2. The van der Waals surface area contributed by atoms with Crippen LogP contribution in [0.15, 0.2) is 36.5 Å². The maximum atomic E-state index is 10.7. The van der Waals surface area contributed by atoms with E-state index in [4.69, 9.17) is 4.74 Å². The normalized spacial score (nSPS) is 11.9. The lowest BCUT2D eigenvalue weighted by Crippen LogP contribution is -1.95. The highest BCUT2D eigenvalue weighted by Gasteiger charge is 2.11. The molecule has 0 aliphatic rings. The van der Waals surface area contributed by atoms with Crippen molar-refractivity contribution in [2.75, 3.05) is 0 Å². The summed E-state index contributed by atoms with van der Waals surface area (Å²) in [7, 11) is 0. The summed E-state index contributed by atoms with van der Waals surface area (Å²) in [4.78, 5) is 14.4. The van der Waals surface area contributed by atoms with Crippen molar-refractivity contribution in [1.29, 1.82) is 0 Å². The predicted octanol–water partition coefficient (Wildman–Crippen LogP) is 3.14. The van der Waals surface area contributed by atoms with Crippen LogP contribution in [0.25, 0.3) is 0 Å². The average Bonchev–Trinajstić information content (AvgIpc) is 2.39. The van der Waals surface area contributed by atoms with Crippen LogP contribution in [0.4, 0.5) is 5.69 Å². The number of aliphatic hydroxyl groups excluding tert-OH is 1. The van der Waals surface area contributed by atoms with Crippen molar-refractivity contribution in [3.05, 3.63) is 57.8 Å². The Morgan fingerprint density at radius 3 is 2.60 bits per heavy atom. The molecule has 0 saturated carbocycles. The minimum absolute atomic E-state index is 0.0507. The van der Waals surface area contributed by atoms with Gasteiger partial charge in [-0.25, -0.2) is 4.98 Å². The Balaban J connectivity index is 2.17. The number of nitro groups is 1. The van der Waals surface area contributed by atoms with E-state index >= 15 is 0 Å². The van der Waals surface area contributed by atoms with Gasteiger partial charge >= 0.3 is 0 Å². The van der Waals surface area contributed by atoms with Crippen LogP contribution in [0.2, 0.25) is 0 Å². The van der Waals surface area contributed by atoms with Crippen molar-refractivity contribution < 1.29 is 14.8 Å². The van der Waals surface area contributed by atoms with Crippen LogP contribution in [0, 0.1) is 17.0 Å². The number of aromatic nitrogens is 1. The lowest BCUT2D eigenvalue weighted by Gasteiger charge is -2.07. The Hall–Kier alpha value is -2.47. The number of nitrogens with zero attached hydrogens (tertiary/aromatic N) is 2. The number of pyridine rings is 1. The first kappa shape index (κ1) is 14.0. The second-order valence-electron chi connectivity index (χ2n) is 4.41. The average molecular weight is 274 g/mol. The number of hydrogen-bond acceptors (Lipinski definition) is 5. The standard InChI is InChI=1S/C14H14N2O4/c1-9-7-12(4-5-13(9)16(18)19)20-14-6-3-11(8-15-14)10(2)17/h3-8,10,17H,1-2H3. The van der Waals surface area contributed by atoms with Gasteiger partial charge < -0.3 is 9.84 Å². The van der Waals surface area contributed by atoms with E-state index in [1.54, 1.807) is 32.0 Å². The van der Waals surface area contributed by atoms with Crippen LogP contribution < -0.4 is 4.74 Å². The molecule has 1 heterocycles. The van der Waals surface area contributed by atoms with Crippen LogP contribution in [0.3, 0.4) is 0 Å². The zero-order chi connectivity index (χ0) is 14.7. The van der Waals surface area contributed by atoms with Crippen LogP contribution in [-0.2, 0) is 0 Å². The summed E-state index contributed by atoms with van der Waals surface area (Å²) in [6.07, 6.45) is 0.941. The van der Waals surface area contributed by atoms with Gasteiger partial charge in [0.25, 0.3) is 5.69 Å². The van der Waals surface area contributed by atoms with Crippen LogP contribution in [0.5, 0.6) is 11.6 Å². The fraction of sp³-hybridized carbons (Fsp3) is 0.214. The lowest BCUT2D eigenvalue weighted by molar-refractivity contribution is -0.385. The first-order valence-corrected chi connectivity index (χ1v) is 6.04. The van der Waals surface area contributed by atoms with Gasteiger partial charge in [0.15, 0.2) is 0 Å². The molecule has 20 heavy (non-hydrogen) atoms. The molecule has 6 nitrogen and oxygen atoms in total. The van der Waals surface area contributed by atoms with Gasteiger partial charge in [-0.3, -0.25) is 10.1 Å². The predicted molar refractivity (Wildman–Crippen MR) is 72.8 cm³/mol. The van der Waals surface area contributed by atoms with E-state index in [0.717, 1.165) is 0 Å². The van der Waals surface area contributed by atoms with E-state index in [1.807, 2.05) is 0 Å². The molecule has 1 aromatic heterocycles. The highest BCUT2D eigenvalue weighted by Crippen LogP contribution is 2.26. The Labute approximate surface area is 115 Å². The summed E-state index contributed by atoms with van der Waals surface area (Å²) in [6, 6.07) is 7.86. The summed E-state index contributed by atoms with van der Waals surface area (Å²) in [5, 5.41) is 20.1. The first-order chi connectivity index (χ1) is 9.47. The molecule has 0 spiro atoms. The summed E-state index contributed by atoms with van der Waals surface area (Å²) >= 11 is 0. The number of nitro benzene ring substituents is 1. The van der Waals surface area contributed by atoms with Crippen molar-refractivity contribution in [2.24, 2.45) is 0 Å². The van der Waals surface area contributed by atoms with Gasteiger partial charge in [-0.15, -0.1) is 0 Å². The van der Waals surface area contributed by atoms with E-state index in [0.29, 0.717) is 22.8 Å². The zero-order valence-electron chi connectivity index (χ0n) is 11.1. The third-order valence-electron chi connectivity index (χ3n) is 2.83. The van der Waals surface area contributed by atoms with Gasteiger partial charge in [0.2, 0.25) is 5.88 Å². The highest BCUT2D eigenvalue weighted by molar-refractivity contribution is 5.45. The Morgan fingerprint density at radius 2 is 2.10 bits per heavy atom. The largest absolute Gasteiger partial charge is 0.439 e. The minimum Gasteiger partial charge on any atom is -0.439 e. The smallest absolute Gasteiger partial charge is 0.272 e. The first-order valence-electron chi connectivity index (χ1n) is 6.04. The van der Waals surface area contributed by atoms with E-state index in [1.165, 1.54) is 18.3 Å². The van der Waals surface area contributed by atoms with Crippen molar-refractivity contribution in [3.8, 4) is 11.6 Å². The Kier molecular flexibility index (Phi) is 3.95. The SMILES string of the molecule is Cc1cc(Oc2ccc(C(C)O)cn2)ccc1[N+](=O)[O-]. The molecule has 104 valence electrons. The highest BCUT2D eigenvalue weighted by atomic mass is 16.6. The molecule has 1 atom stereocenters. The summed E-state index contributed by atoms with van der Waals surface area (Å²) in [5.74, 6) is 0.841. The number of hydrogen-bond donors (Lipinski definition) is 1. The maximum Gasteiger partial charge on any atom is 0.272 e. The van der Waals surface area contributed by atoms with Crippen molar-refractivity contribution in [2.45, 2.75) is 20.0 Å². The fourth-order valence-corrected chi connectivity index (χ4v) is 1.72. The van der Waals surface area contributed by atoms with Gasteiger partial charge in [-0.1, -0.05) is 0 Å². The molecule has 0 radical (unpaired) electrons. The molecule has 1 N–H and O–H groups in total. The molecule has 2 rings (SSSR count). The monoisotopic (exact) mass is 274 g/mol. The second-order valence-corrected chi connectivity index (χ2v) is 4.41. The molecule has 1 aromatic carbocycles. The summed E-state index contributed by atoms with van der Waals surface area (Å²) < 4.78 is 5.51. The molecule has 0 fully saturated rings. The Bertz CT molecular complexity index is 624. The molecule has 2 aromatic rings. The maximum absolute atomic E-state index is 10.7. The van der Waals surface area contributed by atoms with E-state index < -0.39 is 11.0 Å². The van der Waals surface area contributed by atoms with Crippen LogP contribution >= 0.6 is 0 Å². The number of ether oxygens (including phenoxy) is 1. The molecule has 0 bridgehead atoms. The molecule has 0 saturated heterocycles. The molecule has 0 aliphatic heterocycles. The molecule has 0 amide bonds. The number of rotatable bonds is 4. The van der Waals surface area contributed by atoms with Gasteiger partial charge in [-0.2, -0.15) is 0 Å². The summed E-state index contributed by atoms with van der Waals surface area (Å²) in [6.45, 7) is 3.30. The van der Waals surface area contributed by atoms with E-state index in [-0.39, 0.29) is 5.69 Å². The van der Waals surface area contributed by atoms with Gasteiger partial charge in [0.05, 0.1) is 11.0 Å². The molecule has 1 unspecified atom stereocenters.